The van der Waals surface area contributed by atoms with Crippen molar-refractivity contribution in [3.05, 3.63) is 23.4 Å². The number of carbonyl (C=O) groups excluding carboxylic acids is 1. The number of aromatic amines is 1. The maximum atomic E-state index is 13.1. The number of likely N-dealkylation sites (tertiary alicyclic amines) is 1. The quantitative estimate of drug-likeness (QED) is 0.780. The van der Waals surface area contributed by atoms with Gasteiger partial charge in [0.2, 0.25) is 0 Å². The van der Waals surface area contributed by atoms with Gasteiger partial charge < -0.3 is 4.90 Å². The minimum absolute atomic E-state index is 0.0646. The molecule has 0 radical (unpaired) electrons. The molecule has 2 fully saturated rings. The molecule has 8 heteroatoms. The normalized spacial score (nSPS) is 21.0. The van der Waals surface area contributed by atoms with E-state index in [4.69, 9.17) is 5.10 Å². The molecule has 2 N–H and O–H groups in total. The van der Waals surface area contributed by atoms with Crippen molar-refractivity contribution >= 4 is 11.8 Å². The lowest BCUT2D eigenvalue weighted by molar-refractivity contribution is 0.159. The molecule has 8 nitrogen and oxygen atoms in total. The number of aromatic nitrogens is 5. The number of urea groups is 1. The molecule has 158 valence electrons. The highest BCUT2D eigenvalue weighted by Gasteiger charge is 2.31. The molecule has 1 saturated heterocycles. The number of hydrogen-bond acceptors (Lipinski definition) is 4. The standard InChI is InChI=1S/C21H33N7O/c1-14(2)19-23-20(25-24-19)17-11-7-8-12-27(17)21(29)22-18-13-15(3)28(26-18)16-9-5-4-6-10-16/h13-14,16-17H,4-12H2,1-3H3,(H,22,26,29)(H,23,24,25). The number of carbonyl (C=O) groups is 1. The number of piperidine rings is 1. The Morgan fingerprint density at radius 1 is 1.17 bits per heavy atom. The summed E-state index contributed by atoms with van der Waals surface area (Å²) in [7, 11) is 0. The predicted molar refractivity (Wildman–Crippen MR) is 112 cm³/mol. The van der Waals surface area contributed by atoms with E-state index in [1.807, 2.05) is 11.0 Å². The van der Waals surface area contributed by atoms with E-state index in [-0.39, 0.29) is 18.0 Å². The minimum Gasteiger partial charge on any atom is -0.314 e. The molecule has 29 heavy (non-hydrogen) atoms. The lowest BCUT2D eigenvalue weighted by Crippen LogP contribution is -2.41. The number of rotatable bonds is 4. The summed E-state index contributed by atoms with van der Waals surface area (Å²) in [6, 6.07) is 2.27. The van der Waals surface area contributed by atoms with Crippen LogP contribution in [0.1, 0.15) is 101 Å². The summed E-state index contributed by atoms with van der Waals surface area (Å²) < 4.78 is 2.10. The van der Waals surface area contributed by atoms with Gasteiger partial charge in [-0.25, -0.2) is 9.78 Å². The fourth-order valence-corrected chi connectivity index (χ4v) is 4.58. The van der Waals surface area contributed by atoms with Gasteiger partial charge >= 0.3 is 6.03 Å². The van der Waals surface area contributed by atoms with Crippen molar-refractivity contribution in [1.29, 1.82) is 0 Å². The Balaban J connectivity index is 1.47. The third kappa shape index (κ3) is 4.31. The van der Waals surface area contributed by atoms with Crippen molar-refractivity contribution in [2.75, 3.05) is 11.9 Å². The molecule has 1 aliphatic carbocycles. The summed E-state index contributed by atoms with van der Waals surface area (Å²) in [4.78, 5) is 19.6. The Hall–Kier alpha value is -2.38. The Labute approximate surface area is 172 Å². The largest absolute Gasteiger partial charge is 0.323 e. The first-order valence-corrected chi connectivity index (χ1v) is 11.1. The van der Waals surface area contributed by atoms with Gasteiger partial charge in [0.1, 0.15) is 5.82 Å². The number of H-pyrrole nitrogens is 1. The summed E-state index contributed by atoms with van der Waals surface area (Å²) in [6.07, 6.45) is 9.17. The highest BCUT2D eigenvalue weighted by atomic mass is 16.2. The van der Waals surface area contributed by atoms with Gasteiger partial charge in [0.15, 0.2) is 11.6 Å². The summed E-state index contributed by atoms with van der Waals surface area (Å²) in [5.41, 5.74) is 1.11. The summed E-state index contributed by atoms with van der Waals surface area (Å²) in [5, 5.41) is 15.1. The molecule has 2 aromatic heterocycles. The Morgan fingerprint density at radius 3 is 2.66 bits per heavy atom. The highest BCUT2D eigenvalue weighted by molar-refractivity contribution is 5.88. The van der Waals surface area contributed by atoms with Crippen molar-refractivity contribution < 1.29 is 4.79 Å². The van der Waals surface area contributed by atoms with E-state index in [0.717, 1.165) is 43.1 Å². The van der Waals surface area contributed by atoms with Crippen molar-refractivity contribution in [2.45, 2.75) is 90.1 Å². The molecule has 1 atom stereocenters. The SMILES string of the molecule is Cc1cc(NC(=O)N2CCCCC2c2nc(C(C)C)n[nH]2)nn1C1CCCCC1. The molecule has 1 unspecified atom stereocenters. The molecule has 3 heterocycles. The van der Waals surface area contributed by atoms with Crippen molar-refractivity contribution in [3.63, 3.8) is 0 Å². The molecule has 0 spiro atoms. The Bertz CT molecular complexity index is 834. The van der Waals surface area contributed by atoms with Gasteiger partial charge in [-0.3, -0.25) is 15.1 Å². The first-order valence-electron chi connectivity index (χ1n) is 11.1. The number of nitrogens with zero attached hydrogens (tertiary/aromatic N) is 5. The fourth-order valence-electron chi connectivity index (χ4n) is 4.58. The van der Waals surface area contributed by atoms with Crippen LogP contribution in [0, 0.1) is 6.92 Å². The Kier molecular flexibility index (Phi) is 5.87. The molecule has 2 aromatic rings. The van der Waals surface area contributed by atoms with Crippen LogP contribution < -0.4 is 5.32 Å². The first kappa shape index (κ1) is 19.9. The van der Waals surface area contributed by atoms with Crippen LogP contribution in [0.25, 0.3) is 0 Å². The van der Waals surface area contributed by atoms with Gasteiger partial charge in [0.05, 0.1) is 12.1 Å². The zero-order valence-electron chi connectivity index (χ0n) is 17.8. The zero-order valence-corrected chi connectivity index (χ0v) is 17.8. The molecule has 4 rings (SSSR count). The van der Waals surface area contributed by atoms with Crippen LogP contribution in [-0.4, -0.2) is 42.4 Å². The van der Waals surface area contributed by atoms with Gasteiger partial charge in [-0.2, -0.15) is 10.2 Å². The van der Waals surface area contributed by atoms with Crippen LogP contribution in [0.5, 0.6) is 0 Å². The topological polar surface area (TPSA) is 91.7 Å². The fraction of sp³-hybridized carbons (Fsp3) is 0.714. The van der Waals surface area contributed by atoms with Crippen molar-refractivity contribution in [2.24, 2.45) is 0 Å². The summed E-state index contributed by atoms with van der Waals surface area (Å²) >= 11 is 0. The second kappa shape index (κ2) is 8.55. The van der Waals surface area contributed by atoms with Crippen LogP contribution >= 0.6 is 0 Å². The van der Waals surface area contributed by atoms with Gasteiger partial charge in [0.25, 0.3) is 0 Å². The first-order chi connectivity index (χ1) is 14.0. The number of nitrogens with one attached hydrogen (secondary N) is 2. The number of anilines is 1. The van der Waals surface area contributed by atoms with E-state index >= 15 is 0 Å². The molecule has 2 amide bonds. The van der Waals surface area contributed by atoms with E-state index in [1.165, 1.54) is 32.1 Å². The zero-order chi connectivity index (χ0) is 20.4. The number of hydrogen-bond donors (Lipinski definition) is 2. The maximum Gasteiger partial charge on any atom is 0.323 e. The molecule has 0 bridgehead atoms. The molecular formula is C21H33N7O. The van der Waals surface area contributed by atoms with Crippen LogP contribution in [-0.2, 0) is 0 Å². The molecule has 1 aliphatic heterocycles. The summed E-state index contributed by atoms with van der Waals surface area (Å²) in [5.74, 6) is 2.49. The lowest BCUT2D eigenvalue weighted by Gasteiger charge is -2.34. The molecule has 1 saturated carbocycles. The molecule has 2 aliphatic rings. The average molecular weight is 400 g/mol. The lowest BCUT2D eigenvalue weighted by atomic mass is 9.95. The maximum absolute atomic E-state index is 13.1. The van der Waals surface area contributed by atoms with Gasteiger partial charge in [0, 0.05) is 24.2 Å². The van der Waals surface area contributed by atoms with Crippen LogP contribution in [0.15, 0.2) is 6.07 Å². The second-order valence-electron chi connectivity index (χ2n) is 8.78. The third-order valence-electron chi connectivity index (χ3n) is 6.19. The third-order valence-corrected chi connectivity index (χ3v) is 6.19. The van der Waals surface area contributed by atoms with Crippen molar-refractivity contribution in [1.82, 2.24) is 29.9 Å². The van der Waals surface area contributed by atoms with Gasteiger partial charge in [-0.15, -0.1) is 0 Å². The van der Waals surface area contributed by atoms with Crippen LogP contribution in [0.3, 0.4) is 0 Å². The molecular weight excluding hydrogens is 366 g/mol. The van der Waals surface area contributed by atoms with E-state index in [0.29, 0.717) is 11.9 Å². The number of aryl methyl sites for hydroxylation is 1. The highest BCUT2D eigenvalue weighted by Crippen LogP contribution is 2.31. The number of amides is 2. The summed E-state index contributed by atoms with van der Waals surface area (Å²) in [6.45, 7) is 6.94. The Morgan fingerprint density at radius 2 is 1.93 bits per heavy atom. The van der Waals surface area contributed by atoms with E-state index in [9.17, 15) is 4.79 Å². The van der Waals surface area contributed by atoms with Crippen LogP contribution in [0.2, 0.25) is 0 Å². The molecule has 0 aromatic carbocycles. The predicted octanol–water partition coefficient (Wildman–Crippen LogP) is 4.70. The van der Waals surface area contributed by atoms with E-state index in [2.05, 4.69) is 46.0 Å². The van der Waals surface area contributed by atoms with Crippen LogP contribution in [0.4, 0.5) is 10.6 Å². The van der Waals surface area contributed by atoms with Gasteiger partial charge in [-0.05, 0) is 39.0 Å². The second-order valence-corrected chi connectivity index (χ2v) is 8.78. The van der Waals surface area contributed by atoms with E-state index < -0.39 is 0 Å². The smallest absolute Gasteiger partial charge is 0.314 e. The van der Waals surface area contributed by atoms with E-state index in [1.54, 1.807) is 0 Å². The monoisotopic (exact) mass is 399 g/mol. The average Bonchev–Trinajstić information content (AvgIpc) is 3.36. The van der Waals surface area contributed by atoms with Gasteiger partial charge in [-0.1, -0.05) is 33.1 Å². The van der Waals surface area contributed by atoms with Crippen molar-refractivity contribution in [3.8, 4) is 0 Å². The minimum atomic E-state index is -0.106.